The maximum atomic E-state index is 9.41. The molecule has 1 aromatic rings. The summed E-state index contributed by atoms with van der Waals surface area (Å²) in [5.74, 6) is 0.476. The highest BCUT2D eigenvalue weighted by atomic mass is 16.5. The van der Waals surface area contributed by atoms with Crippen LogP contribution in [0.3, 0.4) is 0 Å². The van der Waals surface area contributed by atoms with E-state index in [1.807, 2.05) is 18.2 Å². The Morgan fingerprint density at radius 1 is 1.38 bits per heavy atom. The number of hydrogen-bond acceptors (Lipinski definition) is 2. The van der Waals surface area contributed by atoms with E-state index < -0.39 is 7.12 Å². The molecule has 0 radical (unpaired) electrons. The molecule has 0 unspecified atom stereocenters. The molecule has 0 aliphatic heterocycles. The fourth-order valence-corrected chi connectivity index (χ4v) is 1.21. The molecule has 1 rings (SSSR count). The van der Waals surface area contributed by atoms with Gasteiger partial charge in [-0.25, -0.2) is 0 Å². The molecule has 0 aliphatic rings. The Morgan fingerprint density at radius 3 is 2.62 bits per heavy atom. The van der Waals surface area contributed by atoms with E-state index in [1.54, 1.807) is 0 Å². The molecule has 0 saturated heterocycles. The van der Waals surface area contributed by atoms with Crippen LogP contribution in [0.15, 0.2) is 24.3 Å². The van der Waals surface area contributed by atoms with Crippen LogP contribution in [0.25, 0.3) is 0 Å². The van der Waals surface area contributed by atoms with Crippen molar-refractivity contribution in [2.24, 2.45) is 0 Å². The summed E-state index contributed by atoms with van der Waals surface area (Å²) in [6.45, 7) is 4.25. The van der Waals surface area contributed by atoms with E-state index in [4.69, 9.17) is 4.65 Å². The lowest BCUT2D eigenvalue weighted by Gasteiger charge is -2.08. The van der Waals surface area contributed by atoms with Crippen LogP contribution in [0.5, 0.6) is 0 Å². The molecule has 3 heteroatoms. The summed E-state index contributed by atoms with van der Waals surface area (Å²) < 4.78 is 4.83. The summed E-state index contributed by atoms with van der Waals surface area (Å²) >= 11 is 0. The third-order valence-corrected chi connectivity index (χ3v) is 2.09. The molecule has 0 atom stereocenters. The minimum Gasteiger partial charge on any atom is -0.423 e. The third-order valence-electron chi connectivity index (χ3n) is 2.09. The van der Waals surface area contributed by atoms with Crippen LogP contribution in [0, 0.1) is 0 Å². The van der Waals surface area contributed by atoms with E-state index >= 15 is 0 Å². The van der Waals surface area contributed by atoms with Crippen molar-refractivity contribution in [1.29, 1.82) is 0 Å². The van der Waals surface area contributed by atoms with Crippen molar-refractivity contribution in [2.75, 3.05) is 7.11 Å². The van der Waals surface area contributed by atoms with Crippen LogP contribution in [0.4, 0.5) is 0 Å². The van der Waals surface area contributed by atoms with Crippen LogP contribution >= 0.6 is 0 Å². The molecule has 0 amide bonds. The van der Waals surface area contributed by atoms with Gasteiger partial charge in [0.2, 0.25) is 0 Å². The van der Waals surface area contributed by atoms with Gasteiger partial charge in [0.1, 0.15) is 0 Å². The Bertz CT molecular complexity index is 273. The van der Waals surface area contributed by atoms with Crippen LogP contribution in [0.2, 0.25) is 0 Å². The predicted octanol–water partition coefficient (Wildman–Crippen LogP) is 1.14. The monoisotopic (exact) mass is 178 g/mol. The van der Waals surface area contributed by atoms with Crippen molar-refractivity contribution < 1.29 is 9.68 Å². The Balaban J connectivity index is 2.91. The van der Waals surface area contributed by atoms with Crippen molar-refractivity contribution in [3.05, 3.63) is 29.8 Å². The first kappa shape index (κ1) is 10.3. The van der Waals surface area contributed by atoms with Crippen molar-refractivity contribution in [3.8, 4) is 0 Å². The average Bonchev–Trinajstić information content (AvgIpc) is 2.17. The fraction of sp³-hybridized carbons (Fsp3) is 0.400. The zero-order chi connectivity index (χ0) is 9.84. The molecule has 70 valence electrons. The standard InChI is InChI=1S/C10H15BO2/c1-8(2)9-5-4-6-10(7-9)11(12)13-3/h4-8,12H,1-3H3. The third kappa shape index (κ3) is 2.57. The molecular weight excluding hydrogens is 163 g/mol. The number of hydrogen-bond donors (Lipinski definition) is 1. The van der Waals surface area contributed by atoms with Gasteiger partial charge in [0, 0.05) is 7.11 Å². The van der Waals surface area contributed by atoms with Gasteiger partial charge in [-0.05, 0) is 16.9 Å². The maximum absolute atomic E-state index is 9.41. The molecule has 0 fully saturated rings. The second-order valence-electron chi connectivity index (χ2n) is 3.41. The van der Waals surface area contributed by atoms with Crippen LogP contribution in [0.1, 0.15) is 25.3 Å². The zero-order valence-electron chi connectivity index (χ0n) is 8.32. The summed E-state index contributed by atoms with van der Waals surface area (Å²) in [6, 6.07) is 7.82. The number of benzene rings is 1. The minimum absolute atomic E-state index is 0.476. The van der Waals surface area contributed by atoms with E-state index in [2.05, 4.69) is 19.9 Å². The molecule has 1 aromatic carbocycles. The van der Waals surface area contributed by atoms with Gasteiger partial charge in [0.05, 0.1) is 0 Å². The molecule has 0 bridgehead atoms. The second kappa shape index (κ2) is 4.44. The van der Waals surface area contributed by atoms with Gasteiger partial charge in [0.15, 0.2) is 0 Å². The summed E-state index contributed by atoms with van der Waals surface area (Å²) in [5.41, 5.74) is 2.03. The first-order valence-corrected chi connectivity index (χ1v) is 4.46. The normalized spacial score (nSPS) is 10.5. The van der Waals surface area contributed by atoms with E-state index in [9.17, 15) is 5.02 Å². The zero-order valence-corrected chi connectivity index (χ0v) is 8.32. The van der Waals surface area contributed by atoms with E-state index in [-0.39, 0.29) is 0 Å². The van der Waals surface area contributed by atoms with Crippen molar-refractivity contribution in [1.82, 2.24) is 0 Å². The average molecular weight is 178 g/mol. The number of rotatable bonds is 3. The van der Waals surface area contributed by atoms with Gasteiger partial charge >= 0.3 is 7.12 Å². The summed E-state index contributed by atoms with van der Waals surface area (Å²) in [7, 11) is 0.686. The molecule has 0 heterocycles. The predicted molar refractivity (Wildman–Crippen MR) is 55.1 cm³/mol. The molecule has 2 nitrogen and oxygen atoms in total. The lowest BCUT2D eigenvalue weighted by molar-refractivity contribution is 0.341. The lowest BCUT2D eigenvalue weighted by Crippen LogP contribution is -2.32. The van der Waals surface area contributed by atoms with Gasteiger partial charge in [-0.2, -0.15) is 0 Å². The molecule has 0 aromatic heterocycles. The molecule has 13 heavy (non-hydrogen) atoms. The topological polar surface area (TPSA) is 29.5 Å². The first-order valence-electron chi connectivity index (χ1n) is 4.46. The largest absolute Gasteiger partial charge is 0.490 e. The summed E-state index contributed by atoms with van der Waals surface area (Å²) in [4.78, 5) is 0. The molecule has 0 saturated carbocycles. The van der Waals surface area contributed by atoms with E-state index in [0.717, 1.165) is 5.46 Å². The summed E-state index contributed by atoms with van der Waals surface area (Å²) in [6.07, 6.45) is 0. The Morgan fingerprint density at radius 2 is 2.08 bits per heavy atom. The van der Waals surface area contributed by atoms with Gasteiger partial charge < -0.3 is 9.68 Å². The fourth-order valence-electron chi connectivity index (χ4n) is 1.21. The Hall–Kier alpha value is -0.795. The molecular formula is C10H15BO2. The van der Waals surface area contributed by atoms with E-state index in [0.29, 0.717) is 5.92 Å². The van der Waals surface area contributed by atoms with Crippen LogP contribution in [-0.2, 0) is 4.65 Å². The van der Waals surface area contributed by atoms with Crippen molar-refractivity contribution in [3.63, 3.8) is 0 Å². The van der Waals surface area contributed by atoms with E-state index in [1.165, 1.54) is 12.7 Å². The molecule has 0 spiro atoms. The highest BCUT2D eigenvalue weighted by Gasteiger charge is 2.14. The second-order valence-corrected chi connectivity index (χ2v) is 3.41. The highest BCUT2D eigenvalue weighted by Crippen LogP contribution is 2.11. The van der Waals surface area contributed by atoms with Gasteiger partial charge in [-0.3, -0.25) is 0 Å². The van der Waals surface area contributed by atoms with Gasteiger partial charge in [-0.1, -0.05) is 38.1 Å². The summed E-state index contributed by atoms with van der Waals surface area (Å²) in [5, 5.41) is 9.41. The smallest absolute Gasteiger partial charge is 0.423 e. The molecule has 1 N–H and O–H groups in total. The quantitative estimate of drug-likeness (QED) is 0.703. The van der Waals surface area contributed by atoms with Crippen LogP contribution in [-0.4, -0.2) is 19.3 Å². The maximum Gasteiger partial charge on any atom is 0.490 e. The lowest BCUT2D eigenvalue weighted by atomic mass is 9.78. The molecule has 0 aliphatic carbocycles. The Labute approximate surface area is 79.7 Å². The minimum atomic E-state index is -0.807. The SMILES string of the molecule is COB(O)c1cccc(C(C)C)c1. The first-order chi connectivity index (χ1) is 6.15. The van der Waals surface area contributed by atoms with Gasteiger partial charge in [-0.15, -0.1) is 0 Å². The van der Waals surface area contributed by atoms with Crippen molar-refractivity contribution in [2.45, 2.75) is 19.8 Å². The van der Waals surface area contributed by atoms with Crippen LogP contribution < -0.4 is 5.46 Å². The van der Waals surface area contributed by atoms with Crippen molar-refractivity contribution >= 4 is 12.6 Å². The van der Waals surface area contributed by atoms with Gasteiger partial charge in [0.25, 0.3) is 0 Å². The highest BCUT2D eigenvalue weighted by molar-refractivity contribution is 6.59. The Kier molecular flexibility index (Phi) is 3.52.